The summed E-state index contributed by atoms with van der Waals surface area (Å²) in [6, 6.07) is 7.95. The first-order valence-electron chi connectivity index (χ1n) is 8.19. The second-order valence-electron chi connectivity index (χ2n) is 5.82. The van der Waals surface area contributed by atoms with E-state index in [2.05, 4.69) is 0 Å². The number of allylic oxidation sites excluding steroid dienone is 3. The van der Waals surface area contributed by atoms with Crippen LogP contribution < -0.4 is 0 Å². The fraction of sp³-hybridized carbons (Fsp3) is 0.316. The molecule has 1 aromatic rings. The molecule has 2 aliphatic rings. The lowest BCUT2D eigenvalue weighted by atomic mass is 9.97. The smallest absolute Gasteiger partial charge is 0.432 e. The summed E-state index contributed by atoms with van der Waals surface area (Å²) in [7, 11) is 0. The van der Waals surface area contributed by atoms with Gasteiger partial charge in [0.05, 0.1) is 0 Å². The molecule has 130 valence electrons. The summed E-state index contributed by atoms with van der Waals surface area (Å²) in [5.41, 5.74) is 4.38. The van der Waals surface area contributed by atoms with Gasteiger partial charge in [-0.05, 0) is 36.1 Å². The lowest BCUT2D eigenvalue weighted by molar-refractivity contribution is -0.177. The van der Waals surface area contributed by atoms with E-state index in [1.54, 1.807) is 0 Å². The van der Waals surface area contributed by atoms with E-state index in [9.17, 15) is 14.4 Å². The Kier molecular flexibility index (Phi) is 4.70. The van der Waals surface area contributed by atoms with Crippen LogP contribution in [0.3, 0.4) is 0 Å². The van der Waals surface area contributed by atoms with E-state index in [4.69, 9.17) is 9.57 Å². The maximum atomic E-state index is 11.9. The first kappa shape index (κ1) is 17.0. The number of ether oxygens (including phenoxy) is 1. The topological polar surface area (TPSA) is 72.9 Å². The molecule has 0 N–H and O–H groups in total. The minimum atomic E-state index is -1.05. The van der Waals surface area contributed by atoms with Crippen molar-refractivity contribution in [2.45, 2.75) is 32.6 Å². The highest BCUT2D eigenvalue weighted by Gasteiger charge is 2.35. The van der Waals surface area contributed by atoms with Crippen molar-refractivity contribution in [3.05, 3.63) is 53.1 Å². The van der Waals surface area contributed by atoms with E-state index >= 15 is 0 Å². The van der Waals surface area contributed by atoms with Gasteiger partial charge in [-0.3, -0.25) is 14.4 Å². The number of nitrogens with zero attached hydrogens (tertiary/aromatic N) is 1. The number of rotatable bonds is 3. The summed E-state index contributed by atoms with van der Waals surface area (Å²) < 4.78 is 5.19. The second kappa shape index (κ2) is 6.93. The fourth-order valence-corrected chi connectivity index (χ4v) is 3.33. The Hall–Kier alpha value is -2.89. The van der Waals surface area contributed by atoms with Crippen molar-refractivity contribution in [3.63, 3.8) is 0 Å². The molecule has 1 atom stereocenters. The number of imide groups is 1. The molecule has 3 rings (SSSR count). The van der Waals surface area contributed by atoms with Crippen LogP contribution in [0.25, 0.3) is 5.57 Å². The molecule has 1 unspecified atom stereocenters. The molecular formula is C19H19NO5. The summed E-state index contributed by atoms with van der Waals surface area (Å²) in [5, 5.41) is 0.485. The van der Waals surface area contributed by atoms with Crippen LogP contribution in [-0.4, -0.2) is 29.6 Å². The second-order valence-corrected chi connectivity index (χ2v) is 5.82. The monoisotopic (exact) mass is 341 g/mol. The highest BCUT2D eigenvalue weighted by Crippen LogP contribution is 2.45. The third-order valence-corrected chi connectivity index (χ3v) is 4.45. The predicted octanol–water partition coefficient (Wildman–Crippen LogP) is 3.35. The number of fused-ring (bicyclic) bond motifs is 1. The Morgan fingerprint density at radius 3 is 2.48 bits per heavy atom. The van der Waals surface area contributed by atoms with Crippen LogP contribution >= 0.6 is 0 Å². The first-order chi connectivity index (χ1) is 12.1. The highest BCUT2D eigenvalue weighted by atomic mass is 16.8. The largest absolute Gasteiger partial charge is 0.533 e. The molecule has 2 amide bonds. The van der Waals surface area contributed by atoms with Gasteiger partial charge in [0.2, 0.25) is 0 Å². The summed E-state index contributed by atoms with van der Waals surface area (Å²) in [4.78, 5) is 39.6. The molecule has 6 nitrogen and oxygen atoms in total. The number of benzene rings is 1. The third kappa shape index (κ3) is 3.07. The minimum absolute atomic E-state index is 0.0511. The Labute approximate surface area is 145 Å². The molecule has 0 saturated carbocycles. The van der Waals surface area contributed by atoms with Crippen molar-refractivity contribution in [1.82, 2.24) is 5.06 Å². The Bertz CT molecular complexity index is 777. The average molecular weight is 341 g/mol. The number of hydrogen-bond donors (Lipinski definition) is 0. The van der Waals surface area contributed by atoms with Crippen molar-refractivity contribution in [2.24, 2.45) is 0 Å². The standard InChI is InChI=1S/C19H19NO5/c1-3-12-13(4-2)16(15-8-6-5-7-14(12)15)11-24-19(23)25-20-17(21)9-10-18(20)22/h3-8,16H,9-11H2,1-2H3/b12-3+,13-4?. The van der Waals surface area contributed by atoms with Crippen molar-refractivity contribution < 1.29 is 24.0 Å². The zero-order chi connectivity index (χ0) is 18.0. The summed E-state index contributed by atoms with van der Waals surface area (Å²) in [6.07, 6.45) is 3.09. The number of hydrogen-bond acceptors (Lipinski definition) is 5. The van der Waals surface area contributed by atoms with Crippen LogP contribution in [0.5, 0.6) is 0 Å². The minimum Gasteiger partial charge on any atom is -0.432 e. The number of carbonyl (C=O) groups excluding carboxylic acids is 3. The van der Waals surface area contributed by atoms with Crippen LogP contribution in [0.1, 0.15) is 43.7 Å². The molecule has 0 bridgehead atoms. The van der Waals surface area contributed by atoms with Gasteiger partial charge in [-0.15, -0.1) is 0 Å². The third-order valence-electron chi connectivity index (χ3n) is 4.45. The van der Waals surface area contributed by atoms with Gasteiger partial charge in [-0.2, -0.15) is 0 Å². The Morgan fingerprint density at radius 2 is 1.84 bits per heavy atom. The van der Waals surface area contributed by atoms with Gasteiger partial charge in [0.15, 0.2) is 0 Å². The highest BCUT2D eigenvalue weighted by molar-refractivity contribution is 6.01. The zero-order valence-corrected chi connectivity index (χ0v) is 14.2. The van der Waals surface area contributed by atoms with E-state index in [1.165, 1.54) is 0 Å². The van der Waals surface area contributed by atoms with Crippen molar-refractivity contribution in [2.75, 3.05) is 6.61 Å². The van der Waals surface area contributed by atoms with E-state index in [0.29, 0.717) is 5.06 Å². The van der Waals surface area contributed by atoms with Gasteiger partial charge in [0.1, 0.15) is 6.61 Å². The summed E-state index contributed by atoms with van der Waals surface area (Å²) in [6.45, 7) is 3.98. The van der Waals surface area contributed by atoms with E-state index < -0.39 is 18.0 Å². The molecule has 1 aliphatic carbocycles. The van der Waals surface area contributed by atoms with Gasteiger partial charge in [-0.1, -0.05) is 41.5 Å². The maximum absolute atomic E-state index is 11.9. The molecule has 1 fully saturated rings. The molecule has 25 heavy (non-hydrogen) atoms. The normalized spacial score (nSPS) is 22.6. The van der Waals surface area contributed by atoms with Crippen LogP contribution in [0, 0.1) is 0 Å². The molecule has 1 aromatic carbocycles. The van der Waals surface area contributed by atoms with Gasteiger partial charge in [0.25, 0.3) is 11.8 Å². The first-order valence-corrected chi connectivity index (χ1v) is 8.19. The number of amides is 2. The summed E-state index contributed by atoms with van der Waals surface area (Å²) >= 11 is 0. The molecule has 0 radical (unpaired) electrons. The van der Waals surface area contributed by atoms with Gasteiger partial charge in [-0.25, -0.2) is 4.79 Å². The van der Waals surface area contributed by atoms with Gasteiger partial charge in [0, 0.05) is 18.8 Å². The van der Waals surface area contributed by atoms with Crippen LogP contribution in [0.4, 0.5) is 4.79 Å². The fourth-order valence-electron chi connectivity index (χ4n) is 3.33. The van der Waals surface area contributed by atoms with E-state index in [0.717, 1.165) is 22.3 Å². The molecule has 1 saturated heterocycles. The summed E-state index contributed by atoms with van der Waals surface area (Å²) in [5.74, 6) is -1.16. The van der Waals surface area contributed by atoms with Crippen LogP contribution in [0.15, 0.2) is 42.0 Å². The van der Waals surface area contributed by atoms with Crippen LogP contribution in [0.2, 0.25) is 0 Å². The number of carbonyl (C=O) groups is 3. The lowest BCUT2D eigenvalue weighted by Gasteiger charge is -2.16. The maximum Gasteiger partial charge on any atom is 0.533 e. The van der Waals surface area contributed by atoms with Crippen molar-refractivity contribution >= 4 is 23.5 Å². The van der Waals surface area contributed by atoms with Crippen LogP contribution in [-0.2, 0) is 19.2 Å². The molecule has 0 aromatic heterocycles. The molecule has 1 heterocycles. The number of hydroxylamine groups is 2. The van der Waals surface area contributed by atoms with Crippen molar-refractivity contribution in [3.8, 4) is 0 Å². The average Bonchev–Trinajstić information content (AvgIpc) is 3.10. The lowest BCUT2D eigenvalue weighted by Crippen LogP contribution is -2.32. The SMILES string of the molecule is CC=C1/C(=C\C)c2ccccc2C1COC(=O)ON1C(=O)CCC1=O. The Balaban J connectivity index is 1.71. The van der Waals surface area contributed by atoms with Gasteiger partial charge >= 0.3 is 6.16 Å². The van der Waals surface area contributed by atoms with Crippen molar-refractivity contribution in [1.29, 1.82) is 0 Å². The zero-order valence-electron chi connectivity index (χ0n) is 14.2. The quantitative estimate of drug-likeness (QED) is 0.623. The van der Waals surface area contributed by atoms with E-state index in [1.807, 2.05) is 50.3 Å². The molecule has 6 heteroatoms. The predicted molar refractivity (Wildman–Crippen MR) is 90.1 cm³/mol. The molecular weight excluding hydrogens is 322 g/mol. The van der Waals surface area contributed by atoms with E-state index in [-0.39, 0.29) is 25.4 Å². The molecule has 1 aliphatic heterocycles. The van der Waals surface area contributed by atoms with Gasteiger partial charge < -0.3 is 4.74 Å². The Morgan fingerprint density at radius 1 is 1.16 bits per heavy atom. The molecule has 0 spiro atoms.